The van der Waals surface area contributed by atoms with Gasteiger partial charge in [-0.25, -0.2) is 0 Å². The molecule has 0 bridgehead atoms. The van der Waals surface area contributed by atoms with Gasteiger partial charge in [0.2, 0.25) is 5.91 Å². The summed E-state index contributed by atoms with van der Waals surface area (Å²) in [5.41, 5.74) is 29.3. The average molecular weight is 789 g/mol. The summed E-state index contributed by atoms with van der Waals surface area (Å²) in [5, 5.41) is 54.8. The van der Waals surface area contributed by atoms with Crippen LogP contribution in [0.4, 0.5) is 0 Å². The zero-order chi connectivity index (χ0) is 42.5. The predicted molar refractivity (Wildman–Crippen MR) is 201 cm³/mol. The Morgan fingerprint density at radius 2 is 1.00 bits per heavy atom. The van der Waals surface area contributed by atoms with Crippen LogP contribution in [0.1, 0.15) is 36.8 Å². The molecule has 5 rings (SSSR count). The van der Waals surface area contributed by atoms with Gasteiger partial charge in [0.15, 0.2) is 0 Å². The molecule has 3 heterocycles. The van der Waals surface area contributed by atoms with E-state index in [-0.39, 0.29) is 12.5 Å². The summed E-state index contributed by atoms with van der Waals surface area (Å²) < 4.78 is 0. The van der Waals surface area contributed by atoms with Gasteiger partial charge >= 0.3 is 35.8 Å². The maximum Gasteiger partial charge on any atom is 0.321 e. The van der Waals surface area contributed by atoms with Gasteiger partial charge in [0.25, 0.3) is 0 Å². The number of para-hydroxylation sites is 2. The summed E-state index contributed by atoms with van der Waals surface area (Å²) in [5.74, 6) is -7.08. The first-order chi connectivity index (χ1) is 26.2. The second-order valence-corrected chi connectivity index (χ2v) is 12.2. The third kappa shape index (κ3) is 17.6. The standard InChI is InChI=1S/2C11H12N2O2.C5H9NO2.C4H8N2O3.C4H7NO4/c2*12-9(11(14)15)5-7-6-13-10-4-2-1-3-8(7)10;7-5(8)4-2-1-3-6-4;2*5-2(4(8)9)1-3(6)7/h2*1-4,6,9,13H,5,12H2,(H,14,15);4,6H,1-3H2,(H,7,8);2H,1,5H2,(H2,6,7)(H,8,9);2H,1,5H2,(H,6,7)(H,8,9)/t;;4-;;/m..0../s1. The van der Waals surface area contributed by atoms with Crippen molar-refractivity contribution in [1.29, 1.82) is 0 Å². The highest BCUT2D eigenvalue weighted by molar-refractivity contribution is 5.85. The van der Waals surface area contributed by atoms with Crippen molar-refractivity contribution < 1.29 is 64.2 Å². The number of carbonyl (C=O) groups excluding carboxylic acids is 1. The molecule has 1 aliphatic rings. The fraction of sp³-hybridized carbons (Fsp3) is 0.343. The number of rotatable bonds is 13. The first-order valence-corrected chi connectivity index (χ1v) is 16.7. The molecule has 56 heavy (non-hydrogen) atoms. The SMILES string of the molecule is NC(=O)CC(N)C(=O)O.NC(CC(=O)O)C(=O)O.NC(Cc1c[nH]c2ccccc12)C(=O)O.NC(Cc1c[nH]c2ccccc12)C(=O)O.O=C(O)[C@@H]1CCCN1. The zero-order valence-corrected chi connectivity index (χ0v) is 30.0. The zero-order valence-electron chi connectivity index (χ0n) is 30.0. The van der Waals surface area contributed by atoms with Crippen LogP contribution in [0.25, 0.3) is 21.8 Å². The molecule has 0 aliphatic carbocycles. The van der Waals surface area contributed by atoms with Crippen LogP contribution in [0.5, 0.6) is 0 Å². The lowest BCUT2D eigenvalue weighted by Crippen LogP contribution is -2.34. The number of primary amides is 1. The van der Waals surface area contributed by atoms with Gasteiger partial charge in [0, 0.05) is 47.0 Å². The van der Waals surface area contributed by atoms with Gasteiger partial charge < -0.3 is 74.6 Å². The third-order valence-electron chi connectivity index (χ3n) is 7.67. The van der Waals surface area contributed by atoms with Crippen LogP contribution in [-0.2, 0) is 46.4 Å². The fourth-order valence-electron chi connectivity index (χ4n) is 4.72. The number of hydrogen-bond acceptors (Lipinski definition) is 12. The van der Waals surface area contributed by atoms with Crippen molar-refractivity contribution in [3.8, 4) is 0 Å². The quantitative estimate of drug-likeness (QED) is 0.0789. The fourth-order valence-corrected chi connectivity index (χ4v) is 4.72. The van der Waals surface area contributed by atoms with Gasteiger partial charge in [-0.3, -0.25) is 33.6 Å². The molecule has 21 nitrogen and oxygen atoms in total. The molecular weight excluding hydrogens is 740 g/mol. The molecule has 4 aromatic rings. The predicted octanol–water partition coefficient (Wildman–Crippen LogP) is -0.786. The first-order valence-electron chi connectivity index (χ1n) is 16.7. The van der Waals surface area contributed by atoms with Crippen molar-refractivity contribution in [2.45, 2.75) is 68.7 Å². The highest BCUT2D eigenvalue weighted by atomic mass is 16.4. The normalized spacial score (nSPS) is 15.0. The number of aromatic nitrogens is 2. The van der Waals surface area contributed by atoms with Crippen LogP contribution in [0, 0.1) is 0 Å². The number of amides is 1. The van der Waals surface area contributed by atoms with Crippen molar-refractivity contribution >= 4 is 63.5 Å². The van der Waals surface area contributed by atoms with E-state index in [1.807, 2.05) is 60.9 Å². The number of benzene rings is 2. The van der Waals surface area contributed by atoms with Crippen molar-refractivity contribution in [1.82, 2.24) is 15.3 Å². The van der Waals surface area contributed by atoms with E-state index in [1.54, 1.807) is 0 Å². The highest BCUT2D eigenvalue weighted by Crippen LogP contribution is 2.19. The second kappa shape index (κ2) is 24.1. The van der Waals surface area contributed by atoms with Gasteiger partial charge in [0.1, 0.15) is 30.2 Å². The molecule has 0 spiro atoms. The molecule has 306 valence electrons. The molecule has 2 aromatic carbocycles. The molecule has 5 atom stereocenters. The lowest BCUT2D eigenvalue weighted by molar-refractivity contribution is -0.144. The summed E-state index contributed by atoms with van der Waals surface area (Å²) in [6.45, 7) is 0.858. The lowest BCUT2D eigenvalue weighted by Gasteiger charge is -2.04. The van der Waals surface area contributed by atoms with E-state index in [9.17, 15) is 33.6 Å². The average Bonchev–Trinajstić information content (AvgIpc) is 3.90. The van der Waals surface area contributed by atoms with Crippen molar-refractivity contribution in [2.75, 3.05) is 6.54 Å². The summed E-state index contributed by atoms with van der Waals surface area (Å²) >= 11 is 0. The number of carbonyl (C=O) groups is 7. The van der Waals surface area contributed by atoms with E-state index in [0.29, 0.717) is 12.8 Å². The second-order valence-electron chi connectivity index (χ2n) is 12.2. The number of aliphatic carboxylic acids is 6. The van der Waals surface area contributed by atoms with Gasteiger partial charge in [0.05, 0.1) is 12.8 Å². The summed E-state index contributed by atoms with van der Waals surface area (Å²) in [6, 6.07) is 11.1. The topological polar surface area (TPSA) is 415 Å². The van der Waals surface area contributed by atoms with E-state index in [2.05, 4.69) is 21.0 Å². The highest BCUT2D eigenvalue weighted by Gasteiger charge is 2.20. The lowest BCUT2D eigenvalue weighted by atomic mass is 10.1. The minimum atomic E-state index is -1.29. The van der Waals surface area contributed by atoms with Crippen LogP contribution < -0.4 is 34.0 Å². The maximum absolute atomic E-state index is 10.6. The van der Waals surface area contributed by atoms with Crippen molar-refractivity contribution in [2.24, 2.45) is 28.7 Å². The van der Waals surface area contributed by atoms with Gasteiger partial charge in [-0.15, -0.1) is 0 Å². The number of H-pyrrole nitrogens is 2. The third-order valence-corrected chi connectivity index (χ3v) is 7.67. The van der Waals surface area contributed by atoms with Gasteiger partial charge in [-0.1, -0.05) is 36.4 Å². The maximum atomic E-state index is 10.6. The largest absolute Gasteiger partial charge is 0.481 e. The molecule has 1 aliphatic heterocycles. The van der Waals surface area contributed by atoms with Crippen molar-refractivity contribution in [3.05, 3.63) is 72.1 Å². The van der Waals surface area contributed by atoms with Crippen molar-refractivity contribution in [3.63, 3.8) is 0 Å². The summed E-state index contributed by atoms with van der Waals surface area (Å²) in [7, 11) is 0. The Morgan fingerprint density at radius 1 is 0.607 bits per heavy atom. The summed E-state index contributed by atoms with van der Waals surface area (Å²) in [4.78, 5) is 77.1. The van der Waals surface area contributed by atoms with Crippen LogP contribution in [-0.4, -0.2) is 119 Å². The molecular formula is C35H48N8O13. The van der Waals surface area contributed by atoms with Crippen LogP contribution in [0.15, 0.2) is 60.9 Å². The first kappa shape index (κ1) is 47.6. The molecule has 0 saturated carbocycles. The number of hydrogen-bond donors (Lipinski definition) is 14. The van der Waals surface area contributed by atoms with E-state index in [4.69, 9.17) is 53.6 Å². The van der Waals surface area contributed by atoms with Gasteiger partial charge in [-0.05, 0) is 42.6 Å². The van der Waals surface area contributed by atoms with E-state index >= 15 is 0 Å². The van der Waals surface area contributed by atoms with E-state index < -0.39 is 72.3 Å². The Labute approximate surface area is 318 Å². The molecule has 0 radical (unpaired) electrons. The van der Waals surface area contributed by atoms with E-state index in [0.717, 1.165) is 52.3 Å². The molecule has 4 unspecified atom stereocenters. The monoisotopic (exact) mass is 788 g/mol. The minimum absolute atomic E-state index is 0.269. The number of carboxylic acids is 6. The Balaban J connectivity index is 0.000000361. The number of nitrogens with one attached hydrogen (secondary N) is 3. The molecule has 1 saturated heterocycles. The van der Waals surface area contributed by atoms with Crippen LogP contribution in [0.3, 0.4) is 0 Å². The number of aromatic amines is 2. The molecule has 2 aromatic heterocycles. The molecule has 21 heteroatoms. The van der Waals surface area contributed by atoms with Crippen LogP contribution >= 0.6 is 0 Å². The molecule has 1 amide bonds. The Hall–Kier alpha value is -6.39. The molecule has 19 N–H and O–H groups in total. The van der Waals surface area contributed by atoms with E-state index in [1.165, 1.54) is 0 Å². The van der Waals surface area contributed by atoms with Gasteiger partial charge in [-0.2, -0.15) is 0 Å². The smallest absolute Gasteiger partial charge is 0.321 e. The Kier molecular flexibility index (Phi) is 20.5. The Morgan fingerprint density at radius 3 is 1.27 bits per heavy atom. The number of nitrogens with two attached hydrogens (primary N) is 5. The number of fused-ring (bicyclic) bond motifs is 2. The molecule has 1 fully saturated rings. The number of carboxylic acid groups (broad SMARTS) is 6. The summed E-state index contributed by atoms with van der Waals surface area (Å²) in [6.07, 6.45) is 5.26. The van der Waals surface area contributed by atoms with Crippen LogP contribution in [0.2, 0.25) is 0 Å². The Bertz CT molecular complexity index is 1800. The minimum Gasteiger partial charge on any atom is -0.481 e.